The number of methoxy groups -OCH3 is 1. The summed E-state index contributed by atoms with van der Waals surface area (Å²) in [5.41, 5.74) is 1.14. The molecule has 21 heavy (non-hydrogen) atoms. The van der Waals surface area contributed by atoms with Crippen LogP contribution in [-0.2, 0) is 16.1 Å². The van der Waals surface area contributed by atoms with Crippen LogP contribution in [0.5, 0.6) is 5.75 Å². The normalized spacial score (nSPS) is 12.0. The van der Waals surface area contributed by atoms with Gasteiger partial charge in [-0.15, -0.1) is 0 Å². The van der Waals surface area contributed by atoms with Crippen molar-refractivity contribution < 1.29 is 14.3 Å². The van der Waals surface area contributed by atoms with Gasteiger partial charge >= 0.3 is 0 Å². The van der Waals surface area contributed by atoms with Gasteiger partial charge in [0.05, 0.1) is 11.1 Å². The van der Waals surface area contributed by atoms with Crippen LogP contribution < -0.4 is 15.4 Å². The molecular formula is C15H23BrN2O3. The predicted octanol–water partition coefficient (Wildman–Crippen LogP) is 2.09. The molecule has 1 unspecified atom stereocenters. The number of nitrogens with one attached hydrogen (secondary N) is 2. The summed E-state index contributed by atoms with van der Waals surface area (Å²) < 4.78 is 11.5. The zero-order valence-corrected chi connectivity index (χ0v) is 14.3. The van der Waals surface area contributed by atoms with E-state index in [0.29, 0.717) is 18.9 Å². The molecule has 1 rings (SSSR count). The van der Waals surface area contributed by atoms with E-state index < -0.39 is 6.10 Å². The Balaban J connectivity index is 2.55. The van der Waals surface area contributed by atoms with Crippen molar-refractivity contribution >= 4 is 21.8 Å². The van der Waals surface area contributed by atoms with Crippen LogP contribution >= 0.6 is 15.9 Å². The zero-order chi connectivity index (χ0) is 15.7. The van der Waals surface area contributed by atoms with Crippen LogP contribution in [-0.4, -0.2) is 38.8 Å². The zero-order valence-electron chi connectivity index (χ0n) is 12.7. The summed E-state index contributed by atoms with van der Waals surface area (Å²) >= 11 is 3.48. The Kier molecular flexibility index (Phi) is 8.34. The third-order valence-corrected chi connectivity index (χ3v) is 3.45. The van der Waals surface area contributed by atoms with E-state index in [1.807, 2.05) is 25.1 Å². The topological polar surface area (TPSA) is 59.6 Å². The SMILES string of the molecule is CCNC(=O)C(C)Oc1ccc(CNCCOC)cc1Br. The first-order chi connectivity index (χ1) is 10.1. The summed E-state index contributed by atoms with van der Waals surface area (Å²) in [5.74, 6) is 0.545. The van der Waals surface area contributed by atoms with Crippen LogP contribution in [0.2, 0.25) is 0 Å². The molecule has 2 N–H and O–H groups in total. The van der Waals surface area contributed by atoms with Crippen molar-refractivity contribution in [3.05, 3.63) is 28.2 Å². The third kappa shape index (κ3) is 6.46. The summed E-state index contributed by atoms with van der Waals surface area (Å²) in [6, 6.07) is 5.83. The van der Waals surface area contributed by atoms with Gasteiger partial charge < -0.3 is 20.1 Å². The maximum Gasteiger partial charge on any atom is 0.260 e. The maximum absolute atomic E-state index is 11.7. The minimum atomic E-state index is -0.521. The van der Waals surface area contributed by atoms with Gasteiger partial charge in [-0.05, 0) is 47.5 Å². The predicted molar refractivity (Wildman–Crippen MR) is 86.5 cm³/mol. The molecule has 5 nitrogen and oxygen atoms in total. The molecule has 6 heteroatoms. The van der Waals surface area contributed by atoms with E-state index in [1.54, 1.807) is 14.0 Å². The van der Waals surface area contributed by atoms with Crippen LogP contribution in [0.3, 0.4) is 0 Å². The lowest BCUT2D eigenvalue weighted by Gasteiger charge is -2.16. The first-order valence-electron chi connectivity index (χ1n) is 7.01. The minimum absolute atomic E-state index is 0.116. The summed E-state index contributed by atoms with van der Waals surface area (Å²) in [6.07, 6.45) is -0.521. The quantitative estimate of drug-likeness (QED) is 0.663. The number of ether oxygens (including phenoxy) is 2. The van der Waals surface area contributed by atoms with E-state index in [9.17, 15) is 4.79 Å². The van der Waals surface area contributed by atoms with Crippen molar-refractivity contribution in [2.45, 2.75) is 26.5 Å². The second-order valence-electron chi connectivity index (χ2n) is 4.59. The molecule has 0 fully saturated rings. The van der Waals surface area contributed by atoms with Crippen molar-refractivity contribution in [3.63, 3.8) is 0 Å². The van der Waals surface area contributed by atoms with Crippen molar-refractivity contribution in [1.29, 1.82) is 0 Å². The van der Waals surface area contributed by atoms with Crippen LogP contribution in [0.4, 0.5) is 0 Å². The maximum atomic E-state index is 11.7. The summed E-state index contributed by atoms with van der Waals surface area (Å²) in [6.45, 7) is 6.46. The van der Waals surface area contributed by atoms with Gasteiger partial charge in [-0.1, -0.05) is 6.07 Å². The van der Waals surface area contributed by atoms with E-state index in [1.165, 1.54) is 0 Å². The molecule has 0 radical (unpaired) electrons. The molecule has 0 saturated heterocycles. The lowest BCUT2D eigenvalue weighted by Crippen LogP contribution is -2.36. The van der Waals surface area contributed by atoms with E-state index in [2.05, 4.69) is 26.6 Å². The third-order valence-electron chi connectivity index (χ3n) is 2.83. The number of halogens is 1. The van der Waals surface area contributed by atoms with Gasteiger partial charge in [0.25, 0.3) is 5.91 Å². The highest BCUT2D eigenvalue weighted by Crippen LogP contribution is 2.27. The lowest BCUT2D eigenvalue weighted by molar-refractivity contribution is -0.127. The molecule has 1 aromatic rings. The highest BCUT2D eigenvalue weighted by Gasteiger charge is 2.15. The molecule has 1 aromatic carbocycles. The number of rotatable bonds is 9. The smallest absolute Gasteiger partial charge is 0.260 e. The van der Waals surface area contributed by atoms with Gasteiger partial charge in [-0.25, -0.2) is 0 Å². The molecule has 0 bridgehead atoms. The molecule has 0 aromatic heterocycles. The Morgan fingerprint density at radius 3 is 2.81 bits per heavy atom. The molecular weight excluding hydrogens is 336 g/mol. The Morgan fingerprint density at radius 1 is 1.43 bits per heavy atom. The Labute approximate surface area is 134 Å². The Bertz CT molecular complexity index is 455. The van der Waals surface area contributed by atoms with Crippen molar-refractivity contribution in [2.75, 3.05) is 26.8 Å². The molecule has 0 aliphatic carbocycles. The van der Waals surface area contributed by atoms with E-state index >= 15 is 0 Å². The van der Waals surface area contributed by atoms with Gasteiger partial charge in [0.15, 0.2) is 6.10 Å². The van der Waals surface area contributed by atoms with E-state index in [-0.39, 0.29) is 5.91 Å². The van der Waals surface area contributed by atoms with Gasteiger partial charge in [-0.2, -0.15) is 0 Å². The second kappa shape index (κ2) is 9.76. The van der Waals surface area contributed by atoms with Crippen LogP contribution in [0.15, 0.2) is 22.7 Å². The van der Waals surface area contributed by atoms with E-state index in [4.69, 9.17) is 9.47 Å². The number of carbonyl (C=O) groups is 1. The van der Waals surface area contributed by atoms with Crippen LogP contribution in [0.1, 0.15) is 19.4 Å². The Hall–Kier alpha value is -1.11. The molecule has 0 aliphatic rings. The van der Waals surface area contributed by atoms with Gasteiger partial charge in [0, 0.05) is 26.7 Å². The highest BCUT2D eigenvalue weighted by molar-refractivity contribution is 9.10. The van der Waals surface area contributed by atoms with Gasteiger partial charge in [0.1, 0.15) is 5.75 Å². The summed E-state index contributed by atoms with van der Waals surface area (Å²) in [7, 11) is 1.68. The van der Waals surface area contributed by atoms with Crippen molar-refractivity contribution in [3.8, 4) is 5.75 Å². The average Bonchev–Trinajstić information content (AvgIpc) is 2.46. The number of hydrogen-bond donors (Lipinski definition) is 2. The summed E-state index contributed by atoms with van der Waals surface area (Å²) in [5, 5.41) is 6.01. The first-order valence-corrected chi connectivity index (χ1v) is 7.80. The first kappa shape index (κ1) is 17.9. The van der Waals surface area contributed by atoms with Crippen molar-refractivity contribution in [1.82, 2.24) is 10.6 Å². The molecule has 1 atom stereocenters. The number of amides is 1. The van der Waals surface area contributed by atoms with Gasteiger partial charge in [0.2, 0.25) is 0 Å². The molecule has 0 heterocycles. The number of carbonyl (C=O) groups excluding carboxylic acids is 1. The van der Waals surface area contributed by atoms with Crippen molar-refractivity contribution in [2.24, 2.45) is 0 Å². The van der Waals surface area contributed by atoms with Crippen LogP contribution in [0, 0.1) is 0 Å². The minimum Gasteiger partial charge on any atom is -0.480 e. The van der Waals surface area contributed by atoms with Gasteiger partial charge in [-0.3, -0.25) is 4.79 Å². The highest BCUT2D eigenvalue weighted by atomic mass is 79.9. The second-order valence-corrected chi connectivity index (χ2v) is 5.44. The fourth-order valence-corrected chi connectivity index (χ4v) is 2.24. The van der Waals surface area contributed by atoms with E-state index in [0.717, 1.165) is 23.1 Å². The summed E-state index contributed by atoms with van der Waals surface area (Å²) in [4.78, 5) is 11.7. The molecule has 0 spiro atoms. The molecule has 0 saturated carbocycles. The fraction of sp³-hybridized carbons (Fsp3) is 0.533. The number of benzene rings is 1. The number of hydrogen-bond acceptors (Lipinski definition) is 4. The number of likely N-dealkylation sites (N-methyl/N-ethyl adjacent to an activating group) is 1. The molecule has 0 aliphatic heterocycles. The molecule has 1 amide bonds. The van der Waals surface area contributed by atoms with Crippen LogP contribution in [0.25, 0.3) is 0 Å². The fourth-order valence-electron chi connectivity index (χ4n) is 1.72. The Morgan fingerprint density at radius 2 is 2.19 bits per heavy atom. The largest absolute Gasteiger partial charge is 0.480 e. The standard InChI is InChI=1S/C15H23BrN2O3/c1-4-18-15(19)11(2)21-14-6-5-12(9-13(14)16)10-17-7-8-20-3/h5-6,9,11,17H,4,7-8,10H2,1-3H3,(H,18,19). The lowest BCUT2D eigenvalue weighted by atomic mass is 10.2. The monoisotopic (exact) mass is 358 g/mol. The average molecular weight is 359 g/mol. The molecule has 118 valence electrons.